The van der Waals surface area contributed by atoms with E-state index in [0.717, 1.165) is 0 Å². The largest absolute Gasteiger partial charge is 0.465 e. The van der Waals surface area contributed by atoms with E-state index < -0.39 is 13.5 Å². The first-order valence-corrected chi connectivity index (χ1v) is 6.71. The second-order valence-corrected chi connectivity index (χ2v) is 5.56. The van der Waals surface area contributed by atoms with Crippen LogP contribution in [0.4, 0.5) is 10.6 Å². The zero-order chi connectivity index (χ0) is 12.2. The molecule has 0 bridgehead atoms. The number of pyridine rings is 1. The lowest BCUT2D eigenvalue weighted by Gasteiger charge is -2.12. The van der Waals surface area contributed by atoms with Crippen LogP contribution in [0.1, 0.15) is 6.92 Å². The van der Waals surface area contributed by atoms with E-state index in [4.69, 9.17) is 9.63 Å². The van der Waals surface area contributed by atoms with Crippen molar-refractivity contribution in [3.05, 3.63) is 18.3 Å². The first-order valence-electron chi connectivity index (χ1n) is 4.64. The number of rotatable bonds is 4. The maximum Gasteiger partial charge on any atom is 0.410 e. The molecule has 1 aromatic heterocycles. The Bertz CT molecular complexity index is 418. The minimum absolute atomic E-state index is 0.188. The van der Waals surface area contributed by atoms with Crippen LogP contribution < -0.4 is 10.6 Å². The Kier molecular flexibility index (Phi) is 4.04. The molecule has 0 saturated carbocycles. The number of carboxylic acid groups (broad SMARTS) is 1. The Morgan fingerprint density at radius 2 is 2.31 bits per heavy atom. The molecule has 1 atom stereocenters. The van der Waals surface area contributed by atoms with Gasteiger partial charge in [-0.15, -0.1) is 0 Å². The zero-order valence-electron chi connectivity index (χ0n) is 9.01. The van der Waals surface area contributed by atoms with Crippen LogP contribution in [0.25, 0.3) is 0 Å². The summed E-state index contributed by atoms with van der Waals surface area (Å²) in [5.74, 6) is 0.188. The zero-order valence-corrected chi connectivity index (χ0v) is 9.90. The Hall–Kier alpha value is -1.39. The van der Waals surface area contributed by atoms with Crippen molar-refractivity contribution in [3.63, 3.8) is 0 Å². The van der Waals surface area contributed by atoms with Gasteiger partial charge in [0.2, 0.25) is 7.37 Å². The van der Waals surface area contributed by atoms with Crippen molar-refractivity contribution in [2.24, 2.45) is 0 Å². The maximum absolute atomic E-state index is 12.0. The van der Waals surface area contributed by atoms with Crippen LogP contribution in [0, 0.1) is 0 Å². The predicted octanol–water partition coefficient (Wildman–Crippen LogP) is 1.74. The molecule has 1 aromatic rings. The lowest BCUT2D eigenvalue weighted by atomic mass is 10.5. The summed E-state index contributed by atoms with van der Waals surface area (Å²) in [6.45, 7) is 3.60. The second-order valence-electron chi connectivity index (χ2n) is 3.10. The fraction of sp³-hybridized carbons (Fsp3) is 0.333. The van der Waals surface area contributed by atoms with Crippen molar-refractivity contribution in [1.29, 1.82) is 0 Å². The van der Waals surface area contributed by atoms with Crippen LogP contribution in [-0.2, 0) is 9.09 Å². The molecule has 1 heterocycles. The quantitative estimate of drug-likeness (QED) is 0.787. The van der Waals surface area contributed by atoms with Gasteiger partial charge in [-0.1, -0.05) is 0 Å². The minimum atomic E-state index is -2.84. The number of nitrogens with one attached hydrogen (secondary N) is 1. The van der Waals surface area contributed by atoms with Crippen molar-refractivity contribution in [2.45, 2.75) is 6.92 Å². The summed E-state index contributed by atoms with van der Waals surface area (Å²) < 4.78 is 17.1. The molecule has 0 aliphatic heterocycles. The Morgan fingerprint density at radius 3 is 2.75 bits per heavy atom. The summed E-state index contributed by atoms with van der Waals surface area (Å²) in [6, 6.07) is 2.98. The standard InChI is InChI=1S/C9H13N2O4P/c1-3-15-16(2,14)7-4-5-8(10-6-7)11-9(12)13/h4-6H,3H2,1-2H3,(H,10,11)(H,12,13). The Balaban J connectivity index is 2.86. The van der Waals surface area contributed by atoms with Crippen LogP contribution in [0.15, 0.2) is 18.3 Å². The van der Waals surface area contributed by atoms with Crippen LogP contribution in [0.2, 0.25) is 0 Å². The van der Waals surface area contributed by atoms with E-state index in [9.17, 15) is 9.36 Å². The lowest BCUT2D eigenvalue weighted by molar-refractivity contribution is 0.209. The molecular formula is C9H13N2O4P. The molecule has 7 heteroatoms. The normalized spacial score (nSPS) is 14.1. The fourth-order valence-electron chi connectivity index (χ4n) is 1.13. The van der Waals surface area contributed by atoms with Crippen LogP contribution in [-0.4, -0.2) is 29.5 Å². The average molecular weight is 244 g/mol. The summed E-state index contributed by atoms with van der Waals surface area (Å²) in [7, 11) is -2.84. The molecule has 0 aliphatic rings. The molecule has 2 N–H and O–H groups in total. The van der Waals surface area contributed by atoms with E-state index in [-0.39, 0.29) is 5.82 Å². The molecule has 0 radical (unpaired) electrons. The molecule has 0 spiro atoms. The number of nitrogens with zero attached hydrogens (tertiary/aromatic N) is 1. The molecule has 0 fully saturated rings. The van der Waals surface area contributed by atoms with Crippen molar-refractivity contribution in [1.82, 2.24) is 4.98 Å². The number of carbonyl (C=O) groups is 1. The van der Waals surface area contributed by atoms with Crippen molar-refractivity contribution in [2.75, 3.05) is 18.6 Å². The van der Waals surface area contributed by atoms with E-state index in [1.807, 2.05) is 0 Å². The van der Waals surface area contributed by atoms with Gasteiger partial charge in [-0.3, -0.25) is 9.88 Å². The molecule has 88 valence electrons. The smallest absolute Gasteiger partial charge is 0.410 e. The summed E-state index contributed by atoms with van der Waals surface area (Å²) in [6.07, 6.45) is 0.159. The Morgan fingerprint density at radius 1 is 1.62 bits per heavy atom. The van der Waals surface area contributed by atoms with Crippen molar-refractivity contribution >= 4 is 24.6 Å². The van der Waals surface area contributed by atoms with Gasteiger partial charge < -0.3 is 9.63 Å². The van der Waals surface area contributed by atoms with Gasteiger partial charge in [0.15, 0.2) is 0 Å². The fourth-order valence-corrected chi connectivity index (χ4v) is 2.39. The van der Waals surface area contributed by atoms with Crippen LogP contribution in [0.3, 0.4) is 0 Å². The highest BCUT2D eigenvalue weighted by Crippen LogP contribution is 2.40. The molecule has 0 aliphatic carbocycles. The summed E-state index contributed by atoms with van der Waals surface area (Å²) in [5, 5.41) is 11.0. The van der Waals surface area contributed by atoms with Gasteiger partial charge in [0.05, 0.1) is 11.9 Å². The summed E-state index contributed by atoms with van der Waals surface area (Å²) in [4.78, 5) is 14.1. The minimum Gasteiger partial charge on any atom is -0.465 e. The predicted molar refractivity (Wildman–Crippen MR) is 60.7 cm³/mol. The van der Waals surface area contributed by atoms with E-state index in [0.29, 0.717) is 11.9 Å². The first kappa shape index (κ1) is 12.7. The third-order valence-corrected chi connectivity index (χ3v) is 3.78. The Labute approximate surface area is 93.1 Å². The monoisotopic (exact) mass is 244 g/mol. The molecule has 0 aromatic carbocycles. The average Bonchev–Trinajstić information content (AvgIpc) is 2.17. The van der Waals surface area contributed by atoms with Crippen LogP contribution in [0.5, 0.6) is 0 Å². The third kappa shape index (κ3) is 3.32. The van der Waals surface area contributed by atoms with Gasteiger partial charge in [-0.2, -0.15) is 0 Å². The lowest BCUT2D eigenvalue weighted by Crippen LogP contribution is -2.12. The van der Waals surface area contributed by atoms with Gasteiger partial charge in [0, 0.05) is 12.9 Å². The molecule has 1 rings (SSSR count). The van der Waals surface area contributed by atoms with Crippen LogP contribution >= 0.6 is 7.37 Å². The molecule has 1 unspecified atom stereocenters. The van der Waals surface area contributed by atoms with E-state index in [1.165, 1.54) is 25.0 Å². The summed E-state index contributed by atoms with van der Waals surface area (Å²) in [5.41, 5.74) is 0. The van der Waals surface area contributed by atoms with E-state index >= 15 is 0 Å². The van der Waals surface area contributed by atoms with Gasteiger partial charge >= 0.3 is 6.09 Å². The highest BCUT2D eigenvalue weighted by atomic mass is 31.2. The highest BCUT2D eigenvalue weighted by Gasteiger charge is 2.18. The third-order valence-electron chi connectivity index (χ3n) is 1.83. The second kappa shape index (κ2) is 5.09. The molecular weight excluding hydrogens is 231 g/mol. The first-order chi connectivity index (χ1) is 7.45. The molecule has 1 amide bonds. The van der Waals surface area contributed by atoms with E-state index in [2.05, 4.69) is 10.3 Å². The summed E-state index contributed by atoms with van der Waals surface area (Å²) >= 11 is 0. The molecule has 0 saturated heterocycles. The van der Waals surface area contributed by atoms with Crippen molar-refractivity contribution < 1.29 is 19.0 Å². The van der Waals surface area contributed by atoms with Gasteiger partial charge in [0.1, 0.15) is 5.82 Å². The van der Waals surface area contributed by atoms with Gasteiger partial charge in [-0.25, -0.2) is 9.78 Å². The number of aromatic nitrogens is 1. The SMILES string of the molecule is CCOP(C)(=O)c1ccc(NC(=O)O)nc1. The number of hydrogen-bond acceptors (Lipinski definition) is 4. The molecule has 6 nitrogen and oxygen atoms in total. The van der Waals surface area contributed by atoms with Crippen molar-refractivity contribution in [3.8, 4) is 0 Å². The van der Waals surface area contributed by atoms with Gasteiger partial charge in [0.25, 0.3) is 0 Å². The number of amides is 1. The topological polar surface area (TPSA) is 88.5 Å². The van der Waals surface area contributed by atoms with E-state index in [1.54, 1.807) is 6.92 Å². The maximum atomic E-state index is 12.0. The number of anilines is 1. The highest BCUT2D eigenvalue weighted by molar-refractivity contribution is 7.66. The molecule has 16 heavy (non-hydrogen) atoms. The van der Waals surface area contributed by atoms with Gasteiger partial charge in [-0.05, 0) is 19.1 Å². The number of hydrogen-bond donors (Lipinski definition) is 2.